The highest BCUT2D eigenvalue weighted by Gasteiger charge is 2.38. The minimum Gasteiger partial charge on any atom is -0.343 e. The number of benzene rings is 1. The lowest BCUT2D eigenvalue weighted by molar-refractivity contribution is -0.171. The van der Waals surface area contributed by atoms with Crippen LogP contribution in [0.4, 0.5) is 0 Å². The first kappa shape index (κ1) is 12.1. The van der Waals surface area contributed by atoms with Crippen LogP contribution in [0.15, 0.2) is 22.7 Å². The molecule has 88 valence electrons. The van der Waals surface area contributed by atoms with E-state index in [9.17, 15) is 0 Å². The molecule has 2 rings (SSSR count). The average Bonchev–Trinajstić information content (AvgIpc) is 2.67. The zero-order valence-electron chi connectivity index (χ0n) is 9.75. The molecule has 0 N–H and O–H groups in total. The molecule has 1 aliphatic rings. The Morgan fingerprint density at radius 3 is 2.56 bits per heavy atom. The maximum atomic E-state index is 5.84. The first-order valence-electron chi connectivity index (χ1n) is 5.72. The summed E-state index contributed by atoms with van der Waals surface area (Å²) < 4.78 is 12.7. The number of rotatable bonds is 3. The first-order chi connectivity index (χ1) is 7.68. The monoisotopic (exact) mass is 284 g/mol. The maximum Gasteiger partial charge on any atom is 0.196 e. The fourth-order valence-corrected chi connectivity index (χ4v) is 2.94. The van der Waals surface area contributed by atoms with E-state index in [2.05, 4.69) is 48.0 Å². The van der Waals surface area contributed by atoms with E-state index in [0.717, 1.165) is 22.9 Å². The van der Waals surface area contributed by atoms with E-state index in [1.807, 2.05) is 0 Å². The molecule has 0 saturated carbocycles. The van der Waals surface area contributed by atoms with Crippen LogP contribution in [0.25, 0.3) is 0 Å². The second-order valence-electron chi connectivity index (χ2n) is 4.18. The van der Waals surface area contributed by atoms with Crippen molar-refractivity contribution in [2.45, 2.75) is 32.5 Å². The van der Waals surface area contributed by atoms with Crippen molar-refractivity contribution in [1.82, 2.24) is 0 Å². The fourth-order valence-electron chi connectivity index (χ4n) is 2.15. The number of halogens is 1. The molecule has 0 spiro atoms. The van der Waals surface area contributed by atoms with Gasteiger partial charge in [-0.2, -0.15) is 0 Å². The average molecular weight is 285 g/mol. The molecule has 1 aromatic rings. The molecule has 1 saturated heterocycles. The minimum atomic E-state index is -0.527. The zero-order chi connectivity index (χ0) is 11.6. The van der Waals surface area contributed by atoms with Crippen LogP contribution in [0, 0.1) is 6.92 Å². The van der Waals surface area contributed by atoms with E-state index < -0.39 is 5.79 Å². The molecule has 3 heteroatoms. The van der Waals surface area contributed by atoms with Crippen LogP contribution in [0.2, 0.25) is 0 Å². The van der Waals surface area contributed by atoms with Crippen molar-refractivity contribution >= 4 is 15.9 Å². The van der Waals surface area contributed by atoms with Crippen LogP contribution in [-0.4, -0.2) is 13.2 Å². The zero-order valence-corrected chi connectivity index (χ0v) is 11.3. The second kappa shape index (κ2) is 4.86. The summed E-state index contributed by atoms with van der Waals surface area (Å²) >= 11 is 3.60. The van der Waals surface area contributed by atoms with E-state index >= 15 is 0 Å². The molecule has 16 heavy (non-hydrogen) atoms. The number of hydrogen-bond acceptors (Lipinski definition) is 2. The Morgan fingerprint density at radius 1 is 1.31 bits per heavy atom. The Morgan fingerprint density at radius 2 is 2.00 bits per heavy atom. The molecule has 2 nitrogen and oxygen atoms in total. The van der Waals surface area contributed by atoms with Gasteiger partial charge in [0.2, 0.25) is 0 Å². The van der Waals surface area contributed by atoms with Gasteiger partial charge in [-0.15, -0.1) is 0 Å². The Balaban J connectivity index is 2.38. The predicted molar refractivity (Wildman–Crippen MR) is 67.4 cm³/mol. The van der Waals surface area contributed by atoms with Gasteiger partial charge in [0.15, 0.2) is 5.79 Å². The Kier molecular flexibility index (Phi) is 3.67. The van der Waals surface area contributed by atoms with Gasteiger partial charge in [-0.05, 0) is 18.6 Å². The summed E-state index contributed by atoms with van der Waals surface area (Å²) in [6.07, 6.45) is 1.94. The van der Waals surface area contributed by atoms with E-state index in [4.69, 9.17) is 9.47 Å². The van der Waals surface area contributed by atoms with Crippen LogP contribution in [-0.2, 0) is 15.3 Å². The van der Waals surface area contributed by atoms with Gasteiger partial charge in [0.25, 0.3) is 0 Å². The third-order valence-corrected chi connectivity index (χ3v) is 3.52. The van der Waals surface area contributed by atoms with E-state index in [1.165, 1.54) is 5.56 Å². The molecule has 0 aromatic heterocycles. The van der Waals surface area contributed by atoms with E-state index in [1.54, 1.807) is 0 Å². The number of aryl methyl sites for hydroxylation is 1. The van der Waals surface area contributed by atoms with Crippen LogP contribution in [0.3, 0.4) is 0 Å². The summed E-state index contributed by atoms with van der Waals surface area (Å²) in [7, 11) is 0. The van der Waals surface area contributed by atoms with E-state index in [0.29, 0.717) is 13.2 Å². The smallest absolute Gasteiger partial charge is 0.196 e. The van der Waals surface area contributed by atoms with Crippen molar-refractivity contribution in [3.8, 4) is 0 Å². The predicted octanol–water partition coefficient (Wildman–Crippen LogP) is 3.76. The van der Waals surface area contributed by atoms with Crippen molar-refractivity contribution in [2.24, 2.45) is 0 Å². The summed E-state index contributed by atoms with van der Waals surface area (Å²) in [5.74, 6) is -0.527. The van der Waals surface area contributed by atoms with Gasteiger partial charge in [0, 0.05) is 16.5 Å². The molecule has 0 bridgehead atoms. The Labute approximate surface area is 105 Å². The summed E-state index contributed by atoms with van der Waals surface area (Å²) in [4.78, 5) is 0. The lowest BCUT2D eigenvalue weighted by Crippen LogP contribution is -2.27. The largest absolute Gasteiger partial charge is 0.343 e. The van der Waals surface area contributed by atoms with Gasteiger partial charge >= 0.3 is 0 Å². The highest BCUT2D eigenvalue weighted by Crippen LogP contribution is 2.39. The van der Waals surface area contributed by atoms with Gasteiger partial charge in [0.05, 0.1) is 13.2 Å². The molecule has 1 aromatic carbocycles. The van der Waals surface area contributed by atoms with Crippen LogP contribution in [0.1, 0.15) is 30.9 Å². The highest BCUT2D eigenvalue weighted by atomic mass is 79.9. The summed E-state index contributed by atoms with van der Waals surface area (Å²) in [6.45, 7) is 5.59. The van der Waals surface area contributed by atoms with Crippen LogP contribution in [0.5, 0.6) is 0 Å². The molecule has 0 radical (unpaired) electrons. The lowest BCUT2D eigenvalue weighted by atomic mass is 10.00. The fraction of sp³-hybridized carbons (Fsp3) is 0.538. The highest BCUT2D eigenvalue weighted by molar-refractivity contribution is 9.10. The molecule has 0 aliphatic carbocycles. The van der Waals surface area contributed by atoms with Crippen molar-refractivity contribution in [3.05, 3.63) is 33.8 Å². The van der Waals surface area contributed by atoms with Crippen molar-refractivity contribution in [3.63, 3.8) is 0 Å². The van der Waals surface area contributed by atoms with Gasteiger partial charge < -0.3 is 9.47 Å². The minimum absolute atomic E-state index is 0.527. The van der Waals surface area contributed by atoms with Gasteiger partial charge in [-0.3, -0.25) is 0 Å². The molecular weight excluding hydrogens is 268 g/mol. The summed E-state index contributed by atoms with van der Waals surface area (Å²) in [5, 5.41) is 0. The Hall–Kier alpha value is -0.380. The number of ether oxygens (including phenoxy) is 2. The molecule has 0 amide bonds. The second-order valence-corrected chi connectivity index (χ2v) is 5.04. The van der Waals surface area contributed by atoms with Gasteiger partial charge in [0.1, 0.15) is 0 Å². The maximum absolute atomic E-state index is 5.84. The third-order valence-electron chi connectivity index (χ3n) is 2.87. The van der Waals surface area contributed by atoms with Crippen molar-refractivity contribution in [1.29, 1.82) is 0 Å². The summed E-state index contributed by atoms with van der Waals surface area (Å²) in [5.41, 5.74) is 2.35. The quantitative estimate of drug-likeness (QED) is 0.842. The molecule has 0 atom stereocenters. The van der Waals surface area contributed by atoms with Gasteiger partial charge in [-0.1, -0.05) is 41.4 Å². The van der Waals surface area contributed by atoms with Crippen molar-refractivity contribution < 1.29 is 9.47 Å². The topological polar surface area (TPSA) is 18.5 Å². The molecule has 1 fully saturated rings. The van der Waals surface area contributed by atoms with Crippen LogP contribution < -0.4 is 0 Å². The van der Waals surface area contributed by atoms with E-state index in [-0.39, 0.29) is 0 Å². The van der Waals surface area contributed by atoms with Gasteiger partial charge in [-0.25, -0.2) is 0 Å². The molecule has 1 aliphatic heterocycles. The molecular formula is C13H17BrO2. The number of hydrogen-bond donors (Lipinski definition) is 0. The summed E-state index contributed by atoms with van der Waals surface area (Å²) in [6, 6.07) is 6.31. The standard InChI is InChI=1S/C13H17BrO2/c1-3-6-13(15-7-8-16-13)11-5-4-10(2)9-12(11)14/h4-5,9H,3,6-8H2,1-2H3. The van der Waals surface area contributed by atoms with Crippen molar-refractivity contribution in [2.75, 3.05) is 13.2 Å². The normalized spacial score (nSPS) is 18.9. The Bertz CT molecular complexity index is 370. The SMILES string of the molecule is CCCC1(c2ccc(C)cc2Br)OCCO1. The van der Waals surface area contributed by atoms with Crippen LogP contribution >= 0.6 is 15.9 Å². The molecule has 0 unspecified atom stereocenters. The molecule has 1 heterocycles. The lowest BCUT2D eigenvalue weighted by Gasteiger charge is -2.28. The third kappa shape index (κ3) is 2.17. The first-order valence-corrected chi connectivity index (χ1v) is 6.52.